The zero-order chi connectivity index (χ0) is 16.7. The molecule has 23 heavy (non-hydrogen) atoms. The van der Waals surface area contributed by atoms with Gasteiger partial charge in [0, 0.05) is 13.1 Å². The summed E-state index contributed by atoms with van der Waals surface area (Å²) in [4.78, 5) is 0. The van der Waals surface area contributed by atoms with Gasteiger partial charge in [0.1, 0.15) is 11.5 Å². The molecule has 0 aromatic heterocycles. The molecule has 0 bridgehead atoms. The van der Waals surface area contributed by atoms with Crippen LogP contribution >= 0.6 is 0 Å². The van der Waals surface area contributed by atoms with Crippen LogP contribution in [0.4, 0.5) is 0 Å². The Morgan fingerprint density at radius 3 is 1.57 bits per heavy atom. The zero-order valence-corrected chi connectivity index (χ0v) is 14.9. The lowest BCUT2D eigenvalue weighted by atomic mass is 10.1. The van der Waals surface area contributed by atoms with Crippen LogP contribution < -0.4 is 8.85 Å². The van der Waals surface area contributed by atoms with Gasteiger partial charge >= 0.3 is 8.56 Å². The van der Waals surface area contributed by atoms with Crippen LogP contribution in [0.1, 0.15) is 11.1 Å². The molecule has 2 rings (SSSR count). The quantitative estimate of drug-likeness (QED) is 0.484. The van der Waals surface area contributed by atoms with E-state index in [1.54, 1.807) is 0 Å². The van der Waals surface area contributed by atoms with E-state index in [4.69, 9.17) is 8.85 Å². The molecule has 2 aromatic carbocycles. The highest BCUT2D eigenvalue weighted by Crippen LogP contribution is 2.26. The van der Waals surface area contributed by atoms with Gasteiger partial charge in [0.25, 0.3) is 0 Å². The van der Waals surface area contributed by atoms with Gasteiger partial charge in [-0.1, -0.05) is 48.6 Å². The second-order valence-corrected chi connectivity index (χ2v) is 9.01. The molecule has 0 heterocycles. The van der Waals surface area contributed by atoms with Crippen LogP contribution in [-0.2, 0) is 12.8 Å². The summed E-state index contributed by atoms with van der Waals surface area (Å²) in [5, 5.41) is 0. The lowest BCUT2D eigenvalue weighted by Gasteiger charge is -2.27. The van der Waals surface area contributed by atoms with Crippen LogP contribution in [0.25, 0.3) is 0 Å². The van der Waals surface area contributed by atoms with E-state index in [0.29, 0.717) is 0 Å². The van der Waals surface area contributed by atoms with Gasteiger partial charge in [0.05, 0.1) is 0 Å². The Balaban J connectivity index is 2.20. The lowest BCUT2D eigenvalue weighted by Crippen LogP contribution is -2.42. The van der Waals surface area contributed by atoms with Gasteiger partial charge in [-0.3, -0.25) is 0 Å². The van der Waals surface area contributed by atoms with E-state index in [0.717, 1.165) is 35.5 Å². The molecule has 0 radical (unpaired) electrons. The number of rotatable bonds is 8. The fourth-order valence-electron chi connectivity index (χ4n) is 2.41. The summed E-state index contributed by atoms with van der Waals surface area (Å²) < 4.78 is 12.5. The minimum absolute atomic E-state index is 0.785. The molecule has 0 aliphatic heterocycles. The maximum Gasteiger partial charge on any atom is 0.454 e. The Hall–Kier alpha value is -2.26. The summed E-state index contributed by atoms with van der Waals surface area (Å²) in [6.45, 7) is 11.7. The van der Waals surface area contributed by atoms with Crippen LogP contribution in [0.5, 0.6) is 11.5 Å². The number of allylic oxidation sites excluding steroid dienone is 2. The maximum atomic E-state index is 6.27. The fraction of sp³-hybridized carbons (Fsp3) is 0.200. The Bertz CT molecular complexity index is 619. The Morgan fingerprint density at radius 2 is 1.17 bits per heavy atom. The third-order valence-corrected chi connectivity index (χ3v) is 4.81. The van der Waals surface area contributed by atoms with Crippen molar-refractivity contribution in [3.63, 3.8) is 0 Å². The first-order chi connectivity index (χ1) is 11.1. The molecular formula is C20H24O2Si. The molecule has 2 aromatic rings. The standard InChI is InChI=1S/C20H24O2Si/c1-5-11-17-13-7-9-15-19(17)21-23(3,4)22-20-16-10-8-14-18(20)12-6-2/h5-10,13-16H,1-2,11-12H2,3-4H3. The number of para-hydroxylation sites is 2. The minimum atomic E-state index is -2.37. The van der Waals surface area contributed by atoms with E-state index >= 15 is 0 Å². The van der Waals surface area contributed by atoms with Crippen molar-refractivity contribution in [3.8, 4) is 11.5 Å². The van der Waals surface area contributed by atoms with Gasteiger partial charge in [-0.2, -0.15) is 0 Å². The Labute approximate surface area is 140 Å². The average Bonchev–Trinajstić information content (AvgIpc) is 2.51. The monoisotopic (exact) mass is 324 g/mol. The lowest BCUT2D eigenvalue weighted by molar-refractivity contribution is 0.395. The minimum Gasteiger partial charge on any atom is -0.512 e. The number of hydrogen-bond acceptors (Lipinski definition) is 2. The SMILES string of the molecule is C=CCc1ccccc1O[Si](C)(C)Oc1ccccc1CC=C. The summed E-state index contributed by atoms with van der Waals surface area (Å²) in [6, 6.07) is 16.1. The third-order valence-electron chi connectivity index (χ3n) is 3.39. The molecule has 0 spiro atoms. The summed E-state index contributed by atoms with van der Waals surface area (Å²) in [7, 11) is -2.37. The molecule has 0 aliphatic carbocycles. The van der Waals surface area contributed by atoms with Crippen molar-refractivity contribution in [1.29, 1.82) is 0 Å². The van der Waals surface area contributed by atoms with Crippen molar-refractivity contribution in [1.82, 2.24) is 0 Å². The first-order valence-corrected chi connectivity index (χ1v) is 10.6. The predicted molar refractivity (Wildman–Crippen MR) is 99.4 cm³/mol. The molecule has 0 N–H and O–H groups in total. The molecule has 0 fully saturated rings. The Kier molecular flexibility index (Phi) is 5.82. The van der Waals surface area contributed by atoms with E-state index in [9.17, 15) is 0 Å². The van der Waals surface area contributed by atoms with Gasteiger partial charge in [-0.25, -0.2) is 0 Å². The molecule has 0 saturated heterocycles. The van der Waals surface area contributed by atoms with Crippen molar-refractivity contribution in [2.75, 3.05) is 0 Å². The summed E-state index contributed by atoms with van der Waals surface area (Å²) in [6.07, 6.45) is 5.34. The molecule has 3 heteroatoms. The largest absolute Gasteiger partial charge is 0.512 e. The summed E-state index contributed by atoms with van der Waals surface area (Å²) >= 11 is 0. The van der Waals surface area contributed by atoms with Gasteiger partial charge in [0.2, 0.25) is 0 Å². The van der Waals surface area contributed by atoms with Crippen molar-refractivity contribution in [3.05, 3.63) is 85.0 Å². The maximum absolute atomic E-state index is 6.27. The van der Waals surface area contributed by atoms with Crippen LogP contribution in [0.15, 0.2) is 73.8 Å². The van der Waals surface area contributed by atoms with Crippen LogP contribution in [0.2, 0.25) is 13.1 Å². The molecular weight excluding hydrogens is 300 g/mol. The van der Waals surface area contributed by atoms with Crippen LogP contribution in [0, 0.1) is 0 Å². The van der Waals surface area contributed by atoms with Gasteiger partial charge in [-0.15, -0.1) is 13.2 Å². The molecule has 0 amide bonds. The van der Waals surface area contributed by atoms with Crippen molar-refractivity contribution in [2.45, 2.75) is 25.9 Å². The Morgan fingerprint density at radius 1 is 0.783 bits per heavy atom. The van der Waals surface area contributed by atoms with Crippen molar-refractivity contribution < 1.29 is 8.85 Å². The summed E-state index contributed by atoms with van der Waals surface area (Å²) in [5.41, 5.74) is 2.26. The van der Waals surface area contributed by atoms with E-state index < -0.39 is 8.56 Å². The van der Waals surface area contributed by atoms with Gasteiger partial charge in [-0.05, 0) is 36.1 Å². The average molecular weight is 324 g/mol. The first-order valence-electron chi connectivity index (χ1n) is 7.81. The number of hydrogen-bond donors (Lipinski definition) is 0. The van der Waals surface area contributed by atoms with Gasteiger partial charge in [0.15, 0.2) is 0 Å². The van der Waals surface area contributed by atoms with E-state index in [-0.39, 0.29) is 0 Å². The highest BCUT2D eigenvalue weighted by Gasteiger charge is 2.30. The zero-order valence-electron chi connectivity index (χ0n) is 13.9. The molecule has 120 valence electrons. The highest BCUT2D eigenvalue weighted by atomic mass is 28.4. The second kappa shape index (κ2) is 7.84. The highest BCUT2D eigenvalue weighted by molar-refractivity contribution is 6.66. The molecule has 0 saturated carbocycles. The summed E-state index contributed by atoms with van der Waals surface area (Å²) in [5.74, 6) is 1.76. The molecule has 2 nitrogen and oxygen atoms in total. The van der Waals surface area contributed by atoms with Crippen molar-refractivity contribution in [2.24, 2.45) is 0 Å². The smallest absolute Gasteiger partial charge is 0.454 e. The van der Waals surface area contributed by atoms with Crippen molar-refractivity contribution >= 4 is 8.56 Å². The molecule has 0 aliphatic rings. The van der Waals surface area contributed by atoms with E-state index in [2.05, 4.69) is 38.4 Å². The topological polar surface area (TPSA) is 18.5 Å². The van der Waals surface area contributed by atoms with Crippen LogP contribution in [0.3, 0.4) is 0 Å². The number of benzene rings is 2. The third kappa shape index (κ3) is 4.86. The van der Waals surface area contributed by atoms with E-state index in [1.807, 2.05) is 48.6 Å². The van der Waals surface area contributed by atoms with Crippen LogP contribution in [-0.4, -0.2) is 8.56 Å². The normalized spacial score (nSPS) is 10.9. The molecule has 0 atom stereocenters. The predicted octanol–water partition coefficient (Wildman–Crippen LogP) is 5.30. The first kappa shape index (κ1) is 17.1. The fourth-order valence-corrected chi connectivity index (χ4v) is 3.90. The van der Waals surface area contributed by atoms with Gasteiger partial charge < -0.3 is 8.85 Å². The second-order valence-electron chi connectivity index (χ2n) is 5.80. The molecule has 0 unspecified atom stereocenters. The van der Waals surface area contributed by atoms with E-state index in [1.165, 1.54) is 0 Å².